The number of benzene rings is 1. The Morgan fingerprint density at radius 1 is 1.48 bits per heavy atom. The van der Waals surface area contributed by atoms with Crippen LogP contribution in [0.5, 0.6) is 11.6 Å². The number of hydrogen-bond donors (Lipinski definition) is 1. The van der Waals surface area contributed by atoms with Gasteiger partial charge in [-0.2, -0.15) is 5.26 Å². The molecule has 0 unspecified atom stereocenters. The van der Waals surface area contributed by atoms with E-state index in [9.17, 15) is 4.79 Å². The van der Waals surface area contributed by atoms with Crippen molar-refractivity contribution < 1.29 is 4.74 Å². The van der Waals surface area contributed by atoms with Gasteiger partial charge in [-0.25, -0.2) is 4.98 Å². The van der Waals surface area contributed by atoms with Gasteiger partial charge in [0, 0.05) is 18.4 Å². The molecule has 0 aliphatic heterocycles. The fourth-order valence-electron chi connectivity index (χ4n) is 2.00. The molecule has 0 bridgehead atoms. The molecular formula is C14H11IN4O2. The minimum atomic E-state index is -0.264. The van der Waals surface area contributed by atoms with E-state index in [1.54, 1.807) is 23.0 Å². The molecule has 2 N–H and O–H groups in total. The molecule has 1 aromatic carbocycles. The summed E-state index contributed by atoms with van der Waals surface area (Å²) in [5.74, 6) is 0.353. The van der Waals surface area contributed by atoms with Gasteiger partial charge in [0.25, 0.3) is 5.88 Å². The van der Waals surface area contributed by atoms with Crippen LogP contribution in [-0.2, 0) is 0 Å². The fraction of sp³-hybridized carbons (Fsp3) is 0.214. The van der Waals surface area contributed by atoms with Crippen molar-refractivity contribution in [3.8, 4) is 17.7 Å². The van der Waals surface area contributed by atoms with Crippen LogP contribution in [-0.4, -0.2) is 9.55 Å². The summed E-state index contributed by atoms with van der Waals surface area (Å²) in [6, 6.07) is 5.43. The maximum atomic E-state index is 12.3. The van der Waals surface area contributed by atoms with E-state index in [2.05, 4.69) is 4.98 Å². The highest BCUT2D eigenvalue weighted by Gasteiger charge is 2.26. The molecule has 106 valence electrons. The van der Waals surface area contributed by atoms with E-state index in [0.717, 1.165) is 12.8 Å². The summed E-state index contributed by atoms with van der Waals surface area (Å²) < 4.78 is 7.90. The molecule has 1 fully saturated rings. The van der Waals surface area contributed by atoms with Crippen molar-refractivity contribution in [1.29, 1.82) is 5.26 Å². The lowest BCUT2D eigenvalue weighted by atomic mass is 10.2. The molecule has 6 nitrogen and oxygen atoms in total. The van der Waals surface area contributed by atoms with Gasteiger partial charge in [-0.05, 0) is 47.6 Å². The lowest BCUT2D eigenvalue weighted by Gasteiger charge is -2.11. The molecule has 1 heterocycles. The highest BCUT2D eigenvalue weighted by molar-refractivity contribution is 14.1. The number of halogens is 1. The first-order valence-electron chi connectivity index (χ1n) is 6.34. The van der Waals surface area contributed by atoms with E-state index in [-0.39, 0.29) is 17.5 Å². The van der Waals surface area contributed by atoms with E-state index in [1.807, 2.05) is 28.7 Å². The maximum absolute atomic E-state index is 12.3. The topological polar surface area (TPSA) is 93.9 Å². The Labute approximate surface area is 134 Å². The number of anilines is 1. The third kappa shape index (κ3) is 2.71. The number of hydrogen-bond acceptors (Lipinski definition) is 5. The minimum absolute atomic E-state index is 0.00118. The number of aromatic nitrogens is 2. The summed E-state index contributed by atoms with van der Waals surface area (Å²) in [7, 11) is 0. The second-order valence-electron chi connectivity index (χ2n) is 4.77. The van der Waals surface area contributed by atoms with Gasteiger partial charge in [0.05, 0.1) is 20.9 Å². The second-order valence-corrected chi connectivity index (χ2v) is 5.93. The molecule has 1 aliphatic carbocycles. The number of rotatable bonds is 3. The summed E-state index contributed by atoms with van der Waals surface area (Å²) in [6.07, 6.45) is 5.21. The monoisotopic (exact) mass is 394 g/mol. The summed E-state index contributed by atoms with van der Waals surface area (Å²) >= 11 is 2.02. The van der Waals surface area contributed by atoms with Crippen LogP contribution in [0.4, 0.5) is 5.69 Å². The van der Waals surface area contributed by atoms with E-state index in [0.29, 0.717) is 20.6 Å². The Kier molecular flexibility index (Phi) is 3.55. The molecule has 1 aliphatic rings. The molecule has 0 radical (unpaired) electrons. The zero-order valence-corrected chi connectivity index (χ0v) is 13.1. The molecule has 2 aromatic rings. The number of nitrogen functional groups attached to an aromatic ring is 1. The summed E-state index contributed by atoms with van der Waals surface area (Å²) in [5.41, 5.74) is 6.38. The van der Waals surface area contributed by atoms with Gasteiger partial charge in [0.1, 0.15) is 0 Å². The van der Waals surface area contributed by atoms with Gasteiger partial charge in [-0.3, -0.25) is 4.79 Å². The van der Waals surface area contributed by atoms with Gasteiger partial charge in [-0.1, -0.05) is 0 Å². The number of nitriles is 1. The first-order valence-corrected chi connectivity index (χ1v) is 7.42. The van der Waals surface area contributed by atoms with Crippen LogP contribution in [0, 0.1) is 14.9 Å². The van der Waals surface area contributed by atoms with Crippen molar-refractivity contribution in [1.82, 2.24) is 9.55 Å². The Morgan fingerprint density at radius 3 is 2.86 bits per heavy atom. The first kappa shape index (κ1) is 13.9. The predicted molar refractivity (Wildman–Crippen MR) is 85.1 cm³/mol. The molecule has 1 aromatic heterocycles. The quantitative estimate of drug-likeness (QED) is 0.638. The molecular weight excluding hydrogens is 383 g/mol. The second kappa shape index (κ2) is 5.37. The van der Waals surface area contributed by atoms with Gasteiger partial charge in [0.15, 0.2) is 5.75 Å². The zero-order chi connectivity index (χ0) is 15.0. The van der Waals surface area contributed by atoms with Crippen molar-refractivity contribution in [3.63, 3.8) is 0 Å². The Hall–Kier alpha value is -2.08. The normalized spacial score (nSPS) is 13.7. The van der Waals surface area contributed by atoms with Crippen molar-refractivity contribution in [2.45, 2.75) is 18.9 Å². The maximum Gasteiger partial charge on any atom is 0.313 e. The molecule has 0 saturated heterocycles. The average Bonchev–Trinajstić information content (AvgIpc) is 3.28. The number of nitrogens with two attached hydrogens (primary N) is 1. The summed E-state index contributed by atoms with van der Waals surface area (Å²) in [6.45, 7) is 0. The number of nitrogens with zero attached hydrogens (tertiary/aromatic N) is 3. The lowest BCUT2D eigenvalue weighted by Crippen LogP contribution is -2.20. The molecule has 3 rings (SSSR count). The predicted octanol–water partition coefficient (Wildman–Crippen LogP) is 2.43. The highest BCUT2D eigenvalue weighted by Crippen LogP contribution is 2.35. The van der Waals surface area contributed by atoms with Crippen molar-refractivity contribution in [3.05, 3.63) is 44.0 Å². The van der Waals surface area contributed by atoms with Crippen LogP contribution in [0.3, 0.4) is 0 Å². The minimum Gasteiger partial charge on any atom is -0.431 e. The van der Waals surface area contributed by atoms with Gasteiger partial charge < -0.3 is 15.0 Å². The zero-order valence-electron chi connectivity index (χ0n) is 10.9. The Balaban J connectivity index is 2.00. The van der Waals surface area contributed by atoms with Gasteiger partial charge in [0.2, 0.25) is 0 Å². The summed E-state index contributed by atoms with van der Waals surface area (Å²) in [4.78, 5) is 16.3. The smallest absolute Gasteiger partial charge is 0.313 e. The van der Waals surface area contributed by atoms with Crippen molar-refractivity contribution in [2.75, 3.05) is 5.73 Å². The standard InChI is InChI=1S/C14H11IN4O2/c15-10-5-8(7-16)6-11(17)12(10)21-13-14(20)19(4-3-18-13)9-1-2-9/h3-6,9H,1-2,17H2. The SMILES string of the molecule is N#Cc1cc(N)c(Oc2nccn(C3CC3)c2=O)c(I)c1. The van der Waals surface area contributed by atoms with Gasteiger partial charge >= 0.3 is 5.56 Å². The largest absolute Gasteiger partial charge is 0.431 e. The van der Waals surface area contributed by atoms with Crippen LogP contribution in [0.25, 0.3) is 0 Å². The molecule has 21 heavy (non-hydrogen) atoms. The van der Waals surface area contributed by atoms with Crippen LogP contribution >= 0.6 is 22.6 Å². The van der Waals surface area contributed by atoms with Crippen molar-refractivity contribution >= 4 is 28.3 Å². The van der Waals surface area contributed by atoms with Crippen LogP contribution in [0.1, 0.15) is 24.4 Å². The van der Waals surface area contributed by atoms with E-state index < -0.39 is 0 Å². The lowest BCUT2D eigenvalue weighted by molar-refractivity contribution is 0.444. The third-order valence-corrected chi connectivity index (χ3v) is 3.98. The third-order valence-electron chi connectivity index (χ3n) is 3.18. The Bertz CT molecular complexity index is 782. The molecule has 0 amide bonds. The first-order chi connectivity index (χ1) is 10.1. The molecule has 0 spiro atoms. The van der Waals surface area contributed by atoms with Crippen LogP contribution in [0.15, 0.2) is 29.3 Å². The molecule has 7 heteroatoms. The average molecular weight is 394 g/mol. The van der Waals surface area contributed by atoms with Crippen LogP contribution < -0.4 is 16.0 Å². The van der Waals surface area contributed by atoms with Crippen LogP contribution in [0.2, 0.25) is 0 Å². The number of ether oxygens (including phenoxy) is 1. The Morgan fingerprint density at radius 2 is 2.24 bits per heavy atom. The van der Waals surface area contributed by atoms with E-state index in [1.165, 1.54) is 6.07 Å². The van der Waals surface area contributed by atoms with Gasteiger partial charge in [-0.15, -0.1) is 0 Å². The van der Waals surface area contributed by atoms with Crippen molar-refractivity contribution in [2.24, 2.45) is 0 Å². The van der Waals surface area contributed by atoms with E-state index in [4.69, 9.17) is 15.7 Å². The molecule has 1 saturated carbocycles. The highest BCUT2D eigenvalue weighted by atomic mass is 127. The summed E-state index contributed by atoms with van der Waals surface area (Å²) in [5, 5.41) is 8.90. The molecule has 0 atom stereocenters. The fourth-order valence-corrected chi connectivity index (χ4v) is 2.76. The van der Waals surface area contributed by atoms with E-state index >= 15 is 0 Å².